The van der Waals surface area contributed by atoms with Crippen LogP contribution in [0.4, 0.5) is 0 Å². The molecule has 132 valence electrons. The summed E-state index contributed by atoms with van der Waals surface area (Å²) >= 11 is 6.14. The molecule has 7 heteroatoms. The van der Waals surface area contributed by atoms with Gasteiger partial charge in [-0.2, -0.15) is 0 Å². The van der Waals surface area contributed by atoms with Gasteiger partial charge in [-0.15, -0.1) is 0 Å². The fraction of sp³-hybridized carbons (Fsp3) is 0.278. The minimum Gasteiger partial charge on any atom is -0.345 e. The zero-order chi connectivity index (χ0) is 18.2. The minimum atomic E-state index is -3.63. The zero-order valence-corrected chi connectivity index (χ0v) is 15.6. The van der Waals surface area contributed by atoms with E-state index < -0.39 is 10.0 Å². The molecule has 3 rings (SSSR count). The van der Waals surface area contributed by atoms with E-state index in [-0.39, 0.29) is 27.4 Å². The Kier molecular flexibility index (Phi) is 4.86. The van der Waals surface area contributed by atoms with Gasteiger partial charge in [0.15, 0.2) is 0 Å². The summed E-state index contributed by atoms with van der Waals surface area (Å²) in [5.41, 5.74) is 2.49. The predicted octanol–water partition coefficient (Wildman–Crippen LogP) is 3.01. The van der Waals surface area contributed by atoms with E-state index in [1.165, 1.54) is 37.9 Å². The molecule has 0 aromatic heterocycles. The highest BCUT2D eigenvalue weighted by atomic mass is 35.5. The molecule has 0 saturated carbocycles. The van der Waals surface area contributed by atoms with Crippen LogP contribution < -0.4 is 5.32 Å². The number of benzene rings is 2. The average Bonchev–Trinajstić information content (AvgIpc) is 2.98. The summed E-state index contributed by atoms with van der Waals surface area (Å²) in [4.78, 5) is 12.7. The molecule has 0 spiro atoms. The predicted molar refractivity (Wildman–Crippen MR) is 97.3 cm³/mol. The number of nitrogens with zero attached hydrogens (tertiary/aromatic N) is 1. The molecule has 0 radical (unpaired) electrons. The summed E-state index contributed by atoms with van der Waals surface area (Å²) in [7, 11) is -0.744. The van der Waals surface area contributed by atoms with Crippen molar-refractivity contribution in [3.63, 3.8) is 0 Å². The standard InChI is InChI=1S/C18H19ClN2O3S/c1-21(2)25(23,24)13-8-9-16(19)15(11-13)18(22)20-17-10-7-12-5-3-4-6-14(12)17/h3-6,8-9,11,17H,7,10H2,1-2H3,(H,20,22)/t17-/m1/s1. The van der Waals surface area contributed by atoms with E-state index in [1.54, 1.807) is 0 Å². The number of hydrogen-bond acceptors (Lipinski definition) is 3. The molecule has 0 saturated heterocycles. The van der Waals surface area contributed by atoms with Gasteiger partial charge in [-0.25, -0.2) is 12.7 Å². The van der Waals surface area contributed by atoms with E-state index in [0.717, 1.165) is 22.7 Å². The highest BCUT2D eigenvalue weighted by molar-refractivity contribution is 7.89. The molecule has 1 aliphatic carbocycles. The summed E-state index contributed by atoms with van der Waals surface area (Å²) < 4.78 is 25.7. The maximum Gasteiger partial charge on any atom is 0.253 e. The molecule has 5 nitrogen and oxygen atoms in total. The van der Waals surface area contributed by atoms with Crippen molar-refractivity contribution < 1.29 is 13.2 Å². The fourth-order valence-corrected chi connectivity index (χ4v) is 4.12. The lowest BCUT2D eigenvalue weighted by Gasteiger charge is -2.16. The lowest BCUT2D eigenvalue weighted by Crippen LogP contribution is -2.28. The number of carbonyl (C=O) groups excluding carboxylic acids is 1. The second-order valence-corrected chi connectivity index (χ2v) is 8.75. The summed E-state index contributed by atoms with van der Waals surface area (Å²) in [6.45, 7) is 0. The van der Waals surface area contributed by atoms with Crippen molar-refractivity contribution in [3.05, 3.63) is 64.2 Å². The van der Waals surface area contributed by atoms with E-state index in [4.69, 9.17) is 11.6 Å². The van der Waals surface area contributed by atoms with Crippen molar-refractivity contribution in [2.45, 2.75) is 23.8 Å². The van der Waals surface area contributed by atoms with Crippen molar-refractivity contribution >= 4 is 27.5 Å². The highest BCUT2D eigenvalue weighted by Gasteiger charge is 2.26. The highest BCUT2D eigenvalue weighted by Crippen LogP contribution is 2.31. The van der Waals surface area contributed by atoms with Gasteiger partial charge in [-0.05, 0) is 42.2 Å². The molecule has 1 amide bonds. The molecular formula is C18H19ClN2O3S. The lowest BCUT2D eigenvalue weighted by atomic mass is 10.1. The number of rotatable bonds is 4. The first-order chi connectivity index (χ1) is 11.8. The maximum absolute atomic E-state index is 12.7. The molecule has 25 heavy (non-hydrogen) atoms. The smallest absolute Gasteiger partial charge is 0.253 e. The van der Waals surface area contributed by atoms with Gasteiger partial charge in [-0.3, -0.25) is 4.79 Å². The first-order valence-electron chi connectivity index (χ1n) is 7.91. The maximum atomic E-state index is 12.7. The van der Waals surface area contributed by atoms with Crippen molar-refractivity contribution in [3.8, 4) is 0 Å². The van der Waals surface area contributed by atoms with Crippen molar-refractivity contribution in [1.82, 2.24) is 9.62 Å². The first-order valence-corrected chi connectivity index (χ1v) is 9.73. The summed E-state index contributed by atoms with van der Waals surface area (Å²) in [6, 6.07) is 12.1. The van der Waals surface area contributed by atoms with Crippen LogP contribution in [0, 0.1) is 0 Å². The Morgan fingerprint density at radius 3 is 2.64 bits per heavy atom. The molecular weight excluding hydrogens is 360 g/mol. The third-order valence-electron chi connectivity index (χ3n) is 4.40. The topological polar surface area (TPSA) is 66.5 Å². The average molecular weight is 379 g/mol. The van der Waals surface area contributed by atoms with Gasteiger partial charge in [0, 0.05) is 14.1 Å². The quantitative estimate of drug-likeness (QED) is 0.889. The van der Waals surface area contributed by atoms with Crippen LogP contribution in [0.15, 0.2) is 47.4 Å². The van der Waals surface area contributed by atoms with Crippen molar-refractivity contribution in [2.24, 2.45) is 0 Å². The van der Waals surface area contributed by atoms with Gasteiger partial charge >= 0.3 is 0 Å². The normalized spacial score (nSPS) is 16.7. The van der Waals surface area contributed by atoms with Gasteiger partial charge in [0.1, 0.15) is 0 Å². The second-order valence-electron chi connectivity index (χ2n) is 6.19. The monoisotopic (exact) mass is 378 g/mol. The van der Waals surface area contributed by atoms with E-state index in [1.807, 2.05) is 18.2 Å². The molecule has 2 aromatic carbocycles. The molecule has 1 atom stereocenters. The van der Waals surface area contributed by atoms with E-state index >= 15 is 0 Å². The van der Waals surface area contributed by atoms with E-state index in [9.17, 15) is 13.2 Å². The van der Waals surface area contributed by atoms with Crippen LogP contribution in [0.2, 0.25) is 5.02 Å². The third kappa shape index (κ3) is 3.42. The molecule has 0 unspecified atom stereocenters. The number of sulfonamides is 1. The molecule has 0 fully saturated rings. The van der Waals surface area contributed by atoms with E-state index in [0.29, 0.717) is 0 Å². The van der Waals surface area contributed by atoms with Crippen LogP contribution in [0.5, 0.6) is 0 Å². The second kappa shape index (κ2) is 6.78. The molecule has 2 aromatic rings. The Hall–Kier alpha value is -1.89. The van der Waals surface area contributed by atoms with Crippen LogP contribution in [0.1, 0.15) is 33.9 Å². The van der Waals surface area contributed by atoms with Gasteiger partial charge in [0.2, 0.25) is 10.0 Å². The Morgan fingerprint density at radius 2 is 1.92 bits per heavy atom. The van der Waals surface area contributed by atoms with Crippen LogP contribution in [-0.4, -0.2) is 32.7 Å². The molecule has 1 N–H and O–H groups in total. The number of halogens is 1. The van der Waals surface area contributed by atoms with Crippen LogP contribution in [0.25, 0.3) is 0 Å². The van der Waals surface area contributed by atoms with Gasteiger partial charge in [0.05, 0.1) is 21.5 Å². The van der Waals surface area contributed by atoms with E-state index in [2.05, 4.69) is 11.4 Å². The summed E-state index contributed by atoms with van der Waals surface area (Å²) in [6.07, 6.45) is 1.72. The molecule has 0 aliphatic heterocycles. The Bertz CT molecular complexity index is 926. The Balaban J connectivity index is 1.88. The number of aryl methyl sites for hydroxylation is 1. The number of amides is 1. The fourth-order valence-electron chi connectivity index (χ4n) is 2.99. The largest absolute Gasteiger partial charge is 0.345 e. The number of nitrogens with one attached hydrogen (secondary N) is 1. The Labute approximate surface area is 152 Å². The molecule has 0 heterocycles. The number of hydrogen-bond donors (Lipinski definition) is 1. The molecule has 1 aliphatic rings. The van der Waals surface area contributed by atoms with Crippen molar-refractivity contribution in [2.75, 3.05) is 14.1 Å². The van der Waals surface area contributed by atoms with Crippen LogP contribution in [0.3, 0.4) is 0 Å². The van der Waals surface area contributed by atoms with Gasteiger partial charge in [0.25, 0.3) is 5.91 Å². The first kappa shape index (κ1) is 17.9. The summed E-state index contributed by atoms with van der Waals surface area (Å²) in [5.74, 6) is -0.373. The zero-order valence-electron chi connectivity index (χ0n) is 14.0. The molecule has 0 bridgehead atoms. The number of carbonyl (C=O) groups is 1. The lowest BCUT2D eigenvalue weighted by molar-refractivity contribution is 0.0936. The van der Waals surface area contributed by atoms with Crippen LogP contribution >= 0.6 is 11.6 Å². The third-order valence-corrected chi connectivity index (χ3v) is 6.54. The van der Waals surface area contributed by atoms with Gasteiger partial charge < -0.3 is 5.32 Å². The SMILES string of the molecule is CN(C)S(=O)(=O)c1ccc(Cl)c(C(=O)N[C@@H]2CCc3ccccc32)c1. The van der Waals surface area contributed by atoms with Gasteiger partial charge in [-0.1, -0.05) is 35.9 Å². The van der Waals surface area contributed by atoms with Crippen molar-refractivity contribution in [1.29, 1.82) is 0 Å². The number of fused-ring (bicyclic) bond motifs is 1. The summed E-state index contributed by atoms with van der Waals surface area (Å²) in [5, 5.41) is 3.19. The minimum absolute atomic E-state index is 0.0406. The Morgan fingerprint density at radius 1 is 1.20 bits per heavy atom. The van der Waals surface area contributed by atoms with Crippen LogP contribution in [-0.2, 0) is 16.4 Å².